The first-order chi connectivity index (χ1) is 4.52. The normalized spacial score (nSPS) is 12.2. The Morgan fingerprint density at radius 1 is 1.70 bits per heavy atom. The number of carbonyl (C=O) groups excluding carboxylic acids is 1. The number of aliphatic carboxylic acids is 1. The number of carbonyl (C=O) groups is 2. The Hall–Kier alpha value is -0.710. The van der Waals surface area contributed by atoms with Crippen LogP contribution in [-0.2, 0) is 9.59 Å². The minimum Gasteiger partial charge on any atom is -0.481 e. The van der Waals surface area contributed by atoms with E-state index in [0.29, 0.717) is 0 Å². The second kappa shape index (κ2) is 4.16. The minimum absolute atomic E-state index is 0.164. The van der Waals surface area contributed by atoms with Gasteiger partial charge >= 0.3 is 5.97 Å². The van der Waals surface area contributed by atoms with Gasteiger partial charge in [0.25, 0.3) is 0 Å². The predicted octanol–water partition coefficient (Wildman–Crippen LogP) is -0.147. The summed E-state index contributed by atoms with van der Waals surface area (Å²) in [5.41, 5.74) is 0. The van der Waals surface area contributed by atoms with Gasteiger partial charge < -0.3 is 10.4 Å². The fourth-order valence-corrected chi connectivity index (χ4v) is 0.789. The van der Waals surface area contributed by atoms with E-state index in [9.17, 15) is 9.59 Å². The summed E-state index contributed by atoms with van der Waals surface area (Å²) in [6.45, 7) is 1.31. The summed E-state index contributed by atoms with van der Waals surface area (Å²) in [4.78, 5) is 20.3. The van der Waals surface area contributed by atoms with Crippen LogP contribution in [0.1, 0.15) is 13.3 Å². The highest BCUT2D eigenvalue weighted by molar-refractivity contribution is 7.80. The molecule has 1 atom stereocenters. The van der Waals surface area contributed by atoms with Crippen molar-refractivity contribution in [2.75, 3.05) is 0 Å². The molecule has 0 aromatic heterocycles. The zero-order valence-electron chi connectivity index (χ0n) is 5.50. The summed E-state index contributed by atoms with van der Waals surface area (Å²) in [6, 6.07) is 0. The molecule has 0 aliphatic heterocycles. The van der Waals surface area contributed by atoms with Crippen LogP contribution in [0.3, 0.4) is 0 Å². The van der Waals surface area contributed by atoms with Crippen molar-refractivity contribution in [1.82, 2.24) is 5.32 Å². The summed E-state index contributed by atoms with van der Waals surface area (Å²) >= 11 is 3.80. The van der Waals surface area contributed by atoms with E-state index in [2.05, 4.69) is 17.9 Å². The van der Waals surface area contributed by atoms with Gasteiger partial charge in [-0.15, -0.1) is 0 Å². The second-order valence-electron chi connectivity index (χ2n) is 1.81. The van der Waals surface area contributed by atoms with Crippen molar-refractivity contribution in [1.29, 1.82) is 0 Å². The molecule has 0 saturated carbocycles. The molecule has 0 radical (unpaired) electrons. The number of hydrogen-bond donors (Lipinski definition) is 3. The number of amides is 1. The second-order valence-corrected chi connectivity index (χ2v) is 2.44. The summed E-state index contributed by atoms with van der Waals surface area (Å²) in [5, 5.41) is 9.93. The molecule has 4 nitrogen and oxygen atoms in total. The lowest BCUT2D eigenvalue weighted by Gasteiger charge is -2.06. The van der Waals surface area contributed by atoms with Crippen molar-refractivity contribution < 1.29 is 14.7 Å². The molecule has 2 N–H and O–H groups in total. The van der Waals surface area contributed by atoms with Crippen LogP contribution in [0.5, 0.6) is 0 Å². The van der Waals surface area contributed by atoms with E-state index >= 15 is 0 Å². The molecule has 1 unspecified atom stereocenters. The zero-order valence-corrected chi connectivity index (χ0v) is 6.39. The summed E-state index contributed by atoms with van der Waals surface area (Å²) in [7, 11) is 0. The molecule has 0 heterocycles. The Morgan fingerprint density at radius 3 is 2.50 bits per heavy atom. The number of nitrogens with one attached hydrogen (secondary N) is 1. The van der Waals surface area contributed by atoms with E-state index in [-0.39, 0.29) is 12.3 Å². The molecule has 0 rings (SSSR count). The fourth-order valence-electron chi connectivity index (χ4n) is 0.451. The Bertz CT molecular complexity index is 132. The van der Waals surface area contributed by atoms with Crippen LogP contribution in [0.2, 0.25) is 0 Å². The van der Waals surface area contributed by atoms with Crippen molar-refractivity contribution >= 4 is 24.5 Å². The van der Waals surface area contributed by atoms with Crippen LogP contribution in [0.4, 0.5) is 0 Å². The monoisotopic (exact) mass is 163 g/mol. The van der Waals surface area contributed by atoms with Crippen LogP contribution < -0.4 is 5.32 Å². The van der Waals surface area contributed by atoms with Gasteiger partial charge in [-0.25, -0.2) is 0 Å². The quantitative estimate of drug-likeness (QED) is 0.400. The van der Waals surface area contributed by atoms with Crippen molar-refractivity contribution in [3.8, 4) is 0 Å². The first kappa shape index (κ1) is 9.29. The predicted molar refractivity (Wildman–Crippen MR) is 38.8 cm³/mol. The molecular weight excluding hydrogens is 154 g/mol. The van der Waals surface area contributed by atoms with E-state index in [1.54, 1.807) is 0 Å². The van der Waals surface area contributed by atoms with Gasteiger partial charge in [0.2, 0.25) is 5.91 Å². The summed E-state index contributed by atoms with van der Waals surface area (Å²) in [5.74, 6) is -1.25. The van der Waals surface area contributed by atoms with E-state index in [4.69, 9.17) is 5.11 Å². The lowest BCUT2D eigenvalue weighted by molar-refractivity contribution is -0.137. The zero-order chi connectivity index (χ0) is 8.15. The van der Waals surface area contributed by atoms with Crippen molar-refractivity contribution in [2.45, 2.75) is 18.7 Å². The molecule has 0 aliphatic rings. The van der Waals surface area contributed by atoms with Gasteiger partial charge in [0.15, 0.2) is 0 Å². The van der Waals surface area contributed by atoms with Crippen molar-refractivity contribution in [3.05, 3.63) is 0 Å². The standard InChI is InChI=1S/C5H9NO3S/c1-3(7)6-4(10)2-5(8)9/h4,10H,2H2,1H3,(H,6,7)(H,8,9). The molecule has 0 spiro atoms. The first-order valence-electron chi connectivity index (χ1n) is 2.69. The highest BCUT2D eigenvalue weighted by Crippen LogP contribution is 1.95. The highest BCUT2D eigenvalue weighted by atomic mass is 32.1. The van der Waals surface area contributed by atoms with Gasteiger partial charge in [0.1, 0.15) is 0 Å². The molecule has 0 bridgehead atoms. The average molecular weight is 163 g/mol. The molecule has 0 aromatic rings. The Labute approximate surface area is 64.0 Å². The minimum atomic E-state index is -0.978. The van der Waals surface area contributed by atoms with Crippen molar-refractivity contribution in [3.63, 3.8) is 0 Å². The number of carboxylic acids is 1. The largest absolute Gasteiger partial charge is 0.481 e. The van der Waals surface area contributed by atoms with E-state index in [1.165, 1.54) is 6.92 Å². The van der Waals surface area contributed by atoms with Crippen LogP contribution in [0.15, 0.2) is 0 Å². The van der Waals surface area contributed by atoms with Crippen LogP contribution in [0.25, 0.3) is 0 Å². The molecular formula is C5H9NO3S. The smallest absolute Gasteiger partial charge is 0.306 e. The third-order valence-corrected chi connectivity index (χ3v) is 1.05. The maximum Gasteiger partial charge on any atom is 0.306 e. The number of rotatable bonds is 3. The molecule has 0 saturated heterocycles. The van der Waals surface area contributed by atoms with Gasteiger partial charge in [0.05, 0.1) is 11.8 Å². The molecule has 0 fully saturated rings. The van der Waals surface area contributed by atoms with E-state index in [0.717, 1.165) is 0 Å². The van der Waals surface area contributed by atoms with Gasteiger partial charge in [-0.2, -0.15) is 12.6 Å². The van der Waals surface area contributed by atoms with Gasteiger partial charge in [-0.1, -0.05) is 0 Å². The third kappa shape index (κ3) is 5.43. The Kier molecular flexibility index (Phi) is 3.87. The first-order valence-corrected chi connectivity index (χ1v) is 3.21. The Balaban J connectivity index is 3.53. The maximum atomic E-state index is 10.3. The van der Waals surface area contributed by atoms with Crippen molar-refractivity contribution in [2.24, 2.45) is 0 Å². The number of carboxylic acid groups (broad SMARTS) is 1. The lowest BCUT2D eigenvalue weighted by atomic mass is 10.4. The SMILES string of the molecule is CC(=O)NC(S)CC(=O)O. The van der Waals surface area contributed by atoms with Gasteiger partial charge in [-0.05, 0) is 0 Å². The average Bonchev–Trinajstić information content (AvgIpc) is 1.58. The summed E-state index contributed by atoms with van der Waals surface area (Å²) in [6.07, 6.45) is -0.164. The third-order valence-electron chi connectivity index (χ3n) is 0.738. The highest BCUT2D eigenvalue weighted by Gasteiger charge is 2.07. The van der Waals surface area contributed by atoms with E-state index in [1.807, 2.05) is 0 Å². The number of hydrogen-bond acceptors (Lipinski definition) is 3. The fraction of sp³-hybridized carbons (Fsp3) is 0.600. The topological polar surface area (TPSA) is 66.4 Å². The lowest BCUT2D eigenvalue weighted by Crippen LogP contribution is -2.30. The maximum absolute atomic E-state index is 10.3. The van der Waals surface area contributed by atoms with Gasteiger partial charge in [-0.3, -0.25) is 9.59 Å². The van der Waals surface area contributed by atoms with Gasteiger partial charge in [0, 0.05) is 6.92 Å². The summed E-state index contributed by atoms with van der Waals surface area (Å²) < 4.78 is 0. The van der Waals surface area contributed by atoms with Crippen LogP contribution >= 0.6 is 12.6 Å². The molecule has 0 aliphatic carbocycles. The molecule has 0 aromatic carbocycles. The molecule has 5 heteroatoms. The van der Waals surface area contributed by atoms with Crippen LogP contribution in [-0.4, -0.2) is 22.4 Å². The Morgan fingerprint density at radius 2 is 2.20 bits per heavy atom. The number of thiol groups is 1. The molecule has 1 amide bonds. The van der Waals surface area contributed by atoms with E-state index < -0.39 is 11.3 Å². The molecule has 58 valence electrons. The molecule has 10 heavy (non-hydrogen) atoms. The van der Waals surface area contributed by atoms with Crippen LogP contribution in [0, 0.1) is 0 Å².